The molecule has 0 aromatic heterocycles. The van der Waals surface area contributed by atoms with E-state index in [1.165, 1.54) is 0 Å². The van der Waals surface area contributed by atoms with Crippen LogP contribution in [-0.2, 0) is 4.79 Å². The van der Waals surface area contributed by atoms with Gasteiger partial charge in [0.1, 0.15) is 5.75 Å². The van der Waals surface area contributed by atoms with Crippen LogP contribution in [0.1, 0.15) is 6.42 Å². The lowest BCUT2D eigenvalue weighted by atomic mass is 10.2. The van der Waals surface area contributed by atoms with Gasteiger partial charge in [0.15, 0.2) is 0 Å². The molecule has 1 saturated heterocycles. The van der Waals surface area contributed by atoms with Crippen molar-refractivity contribution in [1.29, 1.82) is 0 Å². The van der Waals surface area contributed by atoms with Crippen LogP contribution in [0.15, 0.2) is 30.3 Å². The van der Waals surface area contributed by atoms with Crippen LogP contribution in [0.3, 0.4) is 0 Å². The van der Waals surface area contributed by atoms with Gasteiger partial charge in [-0.15, -0.1) is 0 Å². The van der Waals surface area contributed by atoms with Crippen molar-refractivity contribution >= 4 is 12.1 Å². The van der Waals surface area contributed by atoms with Crippen LogP contribution < -0.4 is 9.84 Å². The van der Waals surface area contributed by atoms with E-state index in [1.807, 2.05) is 0 Å². The number of amides is 1. The zero-order valence-corrected chi connectivity index (χ0v) is 9.48. The van der Waals surface area contributed by atoms with Crippen molar-refractivity contribution in [3.05, 3.63) is 30.3 Å². The summed E-state index contributed by atoms with van der Waals surface area (Å²) in [6, 6.07) is 7.17. The molecule has 0 unspecified atom stereocenters. The number of β-amino-alcohol motifs (C(OH)–C–C–N with tert-alkyl or cyclic N) is 1. The second-order valence-electron chi connectivity index (χ2n) is 4.06. The van der Waals surface area contributed by atoms with Crippen LogP contribution in [0, 0.1) is 0 Å². The lowest BCUT2D eigenvalue weighted by Crippen LogP contribution is -2.47. The van der Waals surface area contributed by atoms with E-state index in [0.717, 1.165) is 4.90 Å². The molecule has 1 amide bonds. The summed E-state index contributed by atoms with van der Waals surface area (Å²) in [7, 11) is 0. The average molecular weight is 250 g/mol. The summed E-state index contributed by atoms with van der Waals surface area (Å²) in [5.41, 5.74) is 0. The van der Waals surface area contributed by atoms with E-state index < -0.39 is 24.2 Å². The van der Waals surface area contributed by atoms with E-state index in [0.29, 0.717) is 5.75 Å². The summed E-state index contributed by atoms with van der Waals surface area (Å²) in [5.74, 6) is -1.07. The van der Waals surface area contributed by atoms with Gasteiger partial charge in [-0.3, -0.25) is 4.90 Å². The van der Waals surface area contributed by atoms with Crippen molar-refractivity contribution in [2.45, 2.75) is 18.6 Å². The van der Waals surface area contributed by atoms with Gasteiger partial charge in [0.05, 0.1) is 24.7 Å². The predicted octanol–water partition coefficient (Wildman–Crippen LogP) is -0.630. The van der Waals surface area contributed by atoms with Crippen LogP contribution in [0.2, 0.25) is 0 Å². The van der Waals surface area contributed by atoms with Crippen LogP contribution in [0.5, 0.6) is 5.75 Å². The maximum absolute atomic E-state index is 11.8. The Hall–Kier alpha value is -2.08. The lowest BCUT2D eigenvalue weighted by Gasteiger charge is -2.23. The van der Waals surface area contributed by atoms with Crippen molar-refractivity contribution < 1.29 is 24.5 Å². The Morgan fingerprint density at radius 3 is 2.61 bits per heavy atom. The minimum Gasteiger partial charge on any atom is -0.548 e. The summed E-state index contributed by atoms with van der Waals surface area (Å²) in [4.78, 5) is 23.6. The van der Waals surface area contributed by atoms with E-state index in [-0.39, 0.29) is 13.0 Å². The van der Waals surface area contributed by atoms with Gasteiger partial charge in [-0.1, -0.05) is 18.2 Å². The molecule has 6 heteroatoms. The number of carbonyl (C=O) groups is 2. The maximum Gasteiger partial charge on any atom is 0.415 e. The third-order valence-electron chi connectivity index (χ3n) is 2.73. The van der Waals surface area contributed by atoms with Gasteiger partial charge in [0.2, 0.25) is 0 Å². The third-order valence-corrected chi connectivity index (χ3v) is 2.73. The summed E-state index contributed by atoms with van der Waals surface area (Å²) in [6.45, 7) is -0.0652. The number of hydrogen-bond donors (Lipinski definition) is 1. The monoisotopic (exact) mass is 250 g/mol. The molecule has 1 fully saturated rings. The molecule has 1 aliphatic rings. The van der Waals surface area contributed by atoms with Gasteiger partial charge in [-0.2, -0.15) is 0 Å². The fourth-order valence-corrected chi connectivity index (χ4v) is 1.89. The zero-order valence-electron chi connectivity index (χ0n) is 9.48. The number of ether oxygens (including phenoxy) is 1. The molecular formula is C12H12NO5-. The molecule has 0 bridgehead atoms. The van der Waals surface area contributed by atoms with Crippen LogP contribution in [0.25, 0.3) is 0 Å². The number of carboxylic acid groups (broad SMARTS) is 1. The summed E-state index contributed by atoms with van der Waals surface area (Å²) in [5, 5.41) is 20.2. The number of aliphatic carboxylic acids is 1. The van der Waals surface area contributed by atoms with E-state index in [4.69, 9.17) is 4.74 Å². The molecule has 96 valence electrons. The Morgan fingerprint density at radius 2 is 2.00 bits per heavy atom. The first-order valence-electron chi connectivity index (χ1n) is 5.50. The number of aliphatic hydroxyl groups is 1. The molecule has 0 aliphatic carbocycles. The number of hydrogen-bond acceptors (Lipinski definition) is 5. The molecule has 0 saturated carbocycles. The van der Waals surface area contributed by atoms with Gasteiger partial charge in [0.25, 0.3) is 0 Å². The Kier molecular flexibility index (Phi) is 3.47. The van der Waals surface area contributed by atoms with Gasteiger partial charge >= 0.3 is 6.09 Å². The van der Waals surface area contributed by atoms with E-state index >= 15 is 0 Å². The van der Waals surface area contributed by atoms with Crippen molar-refractivity contribution in [1.82, 2.24) is 4.90 Å². The minimum absolute atomic E-state index is 0.0355. The Labute approximate surface area is 103 Å². The number of benzene rings is 1. The standard InChI is InChI=1S/C12H13NO5/c14-8-6-10(11(15)16)13(7-8)12(17)18-9-4-2-1-3-5-9/h1-5,8,10,14H,6-7H2,(H,15,16)/p-1/t8-,10-/m0/s1. The van der Waals surface area contributed by atoms with Crippen LogP contribution in [0.4, 0.5) is 4.79 Å². The van der Waals surface area contributed by atoms with E-state index in [2.05, 4.69) is 0 Å². The lowest BCUT2D eigenvalue weighted by molar-refractivity contribution is -0.310. The third kappa shape index (κ3) is 2.60. The topological polar surface area (TPSA) is 89.9 Å². The number of carboxylic acids is 1. The Morgan fingerprint density at radius 1 is 1.33 bits per heavy atom. The number of carbonyl (C=O) groups excluding carboxylic acids is 2. The second kappa shape index (κ2) is 5.05. The highest BCUT2D eigenvalue weighted by Gasteiger charge is 2.36. The molecule has 2 rings (SSSR count). The highest BCUT2D eigenvalue weighted by atomic mass is 16.6. The first kappa shape index (κ1) is 12.4. The highest BCUT2D eigenvalue weighted by Crippen LogP contribution is 2.20. The number of likely N-dealkylation sites (tertiary alicyclic amines) is 1. The van der Waals surface area contributed by atoms with Gasteiger partial charge < -0.3 is 19.7 Å². The number of aliphatic hydroxyl groups excluding tert-OH is 1. The second-order valence-corrected chi connectivity index (χ2v) is 4.06. The van der Waals surface area contributed by atoms with Crippen LogP contribution >= 0.6 is 0 Å². The van der Waals surface area contributed by atoms with Gasteiger partial charge in [-0.25, -0.2) is 4.79 Å². The molecule has 0 spiro atoms. The van der Waals surface area contributed by atoms with Crippen molar-refractivity contribution in [3.63, 3.8) is 0 Å². The molecule has 1 heterocycles. The molecule has 18 heavy (non-hydrogen) atoms. The number of para-hydroxylation sites is 1. The molecule has 1 aliphatic heterocycles. The quantitative estimate of drug-likeness (QED) is 0.754. The van der Waals surface area contributed by atoms with Crippen LogP contribution in [-0.4, -0.2) is 40.8 Å². The Balaban J connectivity index is 2.06. The predicted molar refractivity (Wildman–Crippen MR) is 58.6 cm³/mol. The number of rotatable bonds is 2. The first-order valence-corrected chi connectivity index (χ1v) is 5.50. The summed E-state index contributed by atoms with van der Waals surface area (Å²) in [6.07, 6.45) is -1.70. The van der Waals surface area contributed by atoms with Gasteiger partial charge in [-0.05, 0) is 12.1 Å². The molecule has 6 nitrogen and oxygen atoms in total. The molecule has 1 aromatic carbocycles. The largest absolute Gasteiger partial charge is 0.548 e. The zero-order chi connectivity index (χ0) is 13.1. The average Bonchev–Trinajstić information content (AvgIpc) is 2.73. The fraction of sp³-hybridized carbons (Fsp3) is 0.333. The van der Waals surface area contributed by atoms with Crippen molar-refractivity contribution in [3.8, 4) is 5.75 Å². The normalized spacial score (nSPS) is 22.8. The summed E-state index contributed by atoms with van der Waals surface area (Å²) >= 11 is 0. The van der Waals surface area contributed by atoms with E-state index in [1.54, 1.807) is 30.3 Å². The molecule has 1 aromatic rings. The maximum atomic E-state index is 11.8. The van der Waals surface area contributed by atoms with Crippen molar-refractivity contribution in [2.24, 2.45) is 0 Å². The van der Waals surface area contributed by atoms with E-state index in [9.17, 15) is 19.8 Å². The SMILES string of the molecule is O=C([O-])[C@@H]1C[C@H](O)CN1C(=O)Oc1ccccc1. The smallest absolute Gasteiger partial charge is 0.415 e. The number of nitrogens with zero attached hydrogens (tertiary/aromatic N) is 1. The molecule has 2 atom stereocenters. The summed E-state index contributed by atoms with van der Waals surface area (Å²) < 4.78 is 5.01. The highest BCUT2D eigenvalue weighted by molar-refractivity contribution is 5.80. The fourth-order valence-electron chi connectivity index (χ4n) is 1.89. The molecule has 1 N–H and O–H groups in total. The van der Waals surface area contributed by atoms with Gasteiger partial charge in [0, 0.05) is 6.42 Å². The minimum atomic E-state index is -1.39. The van der Waals surface area contributed by atoms with Crippen molar-refractivity contribution in [2.75, 3.05) is 6.54 Å². The first-order chi connectivity index (χ1) is 8.58. The molecule has 0 radical (unpaired) electrons. The Bertz CT molecular complexity index is 447. The molecular weight excluding hydrogens is 238 g/mol.